The van der Waals surface area contributed by atoms with Gasteiger partial charge in [-0.3, -0.25) is 14.8 Å². The van der Waals surface area contributed by atoms with Crippen LogP contribution in [0, 0.1) is 0 Å². The second-order valence-corrected chi connectivity index (χ2v) is 5.62. The average Bonchev–Trinajstić information content (AvgIpc) is 2.73. The van der Waals surface area contributed by atoms with Crippen molar-refractivity contribution in [1.82, 2.24) is 4.98 Å². The lowest BCUT2D eigenvalue weighted by atomic mass is 10.0. The van der Waals surface area contributed by atoms with Gasteiger partial charge in [0.05, 0.1) is 23.3 Å². The van der Waals surface area contributed by atoms with Gasteiger partial charge in [0, 0.05) is 42.2 Å². The zero-order chi connectivity index (χ0) is 16.9. The molecular weight excluding hydrogens is 302 g/mol. The van der Waals surface area contributed by atoms with Crippen LogP contribution in [0.4, 0.5) is 17.1 Å². The van der Waals surface area contributed by atoms with Gasteiger partial charge in [-0.05, 0) is 25.1 Å². The van der Waals surface area contributed by atoms with E-state index in [1.807, 2.05) is 37.3 Å². The molecule has 0 radical (unpaired) electrons. The van der Waals surface area contributed by atoms with Crippen LogP contribution < -0.4 is 16.4 Å². The molecule has 0 spiro atoms. The fourth-order valence-corrected chi connectivity index (χ4v) is 2.61. The Hall–Kier alpha value is -3.15. The molecule has 1 aromatic heterocycles. The summed E-state index contributed by atoms with van der Waals surface area (Å²) in [7, 11) is 0. The summed E-state index contributed by atoms with van der Waals surface area (Å²) in [6.07, 6.45) is 7.00. The number of carbonyl (C=O) groups is 1. The van der Waals surface area contributed by atoms with Crippen molar-refractivity contribution in [2.45, 2.75) is 19.4 Å². The molecule has 1 atom stereocenters. The maximum atomic E-state index is 11.9. The molecule has 6 nitrogen and oxygen atoms in total. The minimum Gasteiger partial charge on any atom is -0.404 e. The number of anilines is 2. The Labute approximate surface area is 140 Å². The van der Waals surface area contributed by atoms with E-state index < -0.39 is 0 Å². The van der Waals surface area contributed by atoms with Gasteiger partial charge in [-0.25, -0.2) is 0 Å². The number of nitrogens with zero attached hydrogens (tertiary/aromatic N) is 2. The lowest BCUT2D eigenvalue weighted by Gasteiger charge is -2.16. The molecule has 1 aromatic carbocycles. The van der Waals surface area contributed by atoms with E-state index in [1.165, 1.54) is 6.20 Å². The number of hydrogen-bond donors (Lipinski definition) is 3. The first-order valence-electron chi connectivity index (χ1n) is 7.73. The lowest BCUT2D eigenvalue weighted by Crippen LogP contribution is -2.19. The summed E-state index contributed by atoms with van der Waals surface area (Å²) in [6, 6.07) is 9.42. The van der Waals surface area contributed by atoms with Gasteiger partial charge in [0.2, 0.25) is 5.91 Å². The summed E-state index contributed by atoms with van der Waals surface area (Å²) in [4.78, 5) is 20.3. The molecule has 1 amide bonds. The van der Waals surface area contributed by atoms with E-state index in [0.29, 0.717) is 6.42 Å². The number of fused-ring (bicyclic) bond motifs is 1. The number of benzene rings is 1. The summed E-state index contributed by atoms with van der Waals surface area (Å²) in [5.74, 6) is -0.00629. The Morgan fingerprint density at radius 3 is 3.00 bits per heavy atom. The largest absolute Gasteiger partial charge is 0.404 e. The second-order valence-electron chi connectivity index (χ2n) is 5.62. The molecule has 3 rings (SSSR count). The fourth-order valence-electron chi connectivity index (χ4n) is 2.61. The number of pyridine rings is 1. The smallest absolute Gasteiger partial charge is 0.226 e. The molecule has 0 bridgehead atoms. The second kappa shape index (κ2) is 6.95. The van der Waals surface area contributed by atoms with Crippen LogP contribution in [0.15, 0.2) is 53.9 Å². The molecule has 0 saturated carbocycles. The minimum atomic E-state index is -0.00629. The van der Waals surface area contributed by atoms with Gasteiger partial charge in [0.15, 0.2) is 0 Å². The quantitative estimate of drug-likeness (QED) is 0.758. The van der Waals surface area contributed by atoms with E-state index in [0.717, 1.165) is 28.2 Å². The van der Waals surface area contributed by atoms with Crippen LogP contribution >= 0.6 is 0 Å². The first-order valence-corrected chi connectivity index (χ1v) is 7.73. The number of nitrogens with one attached hydrogen (secondary N) is 2. The summed E-state index contributed by atoms with van der Waals surface area (Å²) >= 11 is 0. The molecule has 1 aliphatic heterocycles. The molecule has 0 fully saturated rings. The predicted octanol–water partition coefficient (Wildman–Crippen LogP) is 2.93. The number of nitrogens with two attached hydrogens (primary N) is 1. The number of allylic oxidation sites excluding steroid dienone is 1. The molecule has 2 heterocycles. The maximum Gasteiger partial charge on any atom is 0.226 e. The fraction of sp³-hybridized carbons (Fsp3) is 0.167. The van der Waals surface area contributed by atoms with Crippen molar-refractivity contribution in [3.63, 3.8) is 0 Å². The molecule has 2 aromatic rings. The molecule has 0 saturated heterocycles. The van der Waals surface area contributed by atoms with Crippen LogP contribution in [-0.2, 0) is 4.79 Å². The number of para-hydroxylation sites is 1. The van der Waals surface area contributed by atoms with Crippen molar-refractivity contribution in [3.05, 3.63) is 54.5 Å². The van der Waals surface area contributed by atoms with Gasteiger partial charge in [-0.2, -0.15) is 0 Å². The van der Waals surface area contributed by atoms with Crippen LogP contribution in [0.25, 0.3) is 5.57 Å². The molecule has 0 aliphatic carbocycles. The molecule has 6 heteroatoms. The van der Waals surface area contributed by atoms with E-state index in [2.05, 4.69) is 20.6 Å². The minimum absolute atomic E-state index is 0.00629. The van der Waals surface area contributed by atoms with Crippen molar-refractivity contribution < 1.29 is 4.79 Å². The van der Waals surface area contributed by atoms with Gasteiger partial charge >= 0.3 is 0 Å². The van der Waals surface area contributed by atoms with Crippen LogP contribution in [0.5, 0.6) is 0 Å². The number of carbonyl (C=O) groups excluding carboxylic acids is 1. The Morgan fingerprint density at radius 1 is 1.38 bits per heavy atom. The molecule has 4 N–H and O–H groups in total. The monoisotopic (exact) mass is 321 g/mol. The third-order valence-corrected chi connectivity index (χ3v) is 3.71. The van der Waals surface area contributed by atoms with E-state index >= 15 is 0 Å². The highest BCUT2D eigenvalue weighted by Crippen LogP contribution is 2.33. The van der Waals surface area contributed by atoms with E-state index in [9.17, 15) is 4.79 Å². The Bertz CT molecular complexity index is 798. The predicted molar refractivity (Wildman–Crippen MR) is 97.3 cm³/mol. The van der Waals surface area contributed by atoms with Crippen molar-refractivity contribution in [2.75, 3.05) is 10.6 Å². The highest BCUT2D eigenvalue weighted by Gasteiger charge is 2.20. The van der Waals surface area contributed by atoms with Gasteiger partial charge in [0.1, 0.15) is 0 Å². The van der Waals surface area contributed by atoms with Crippen molar-refractivity contribution in [2.24, 2.45) is 10.7 Å². The number of amides is 1. The molecule has 0 unspecified atom stereocenters. The zero-order valence-corrected chi connectivity index (χ0v) is 13.4. The SMILES string of the molecule is C[C@@H]1CC(=O)Nc2cccc(C(C=Nc3cccnc3)=CN)c2N1. The van der Waals surface area contributed by atoms with Gasteiger partial charge in [-0.15, -0.1) is 0 Å². The standard InChI is InChI=1S/C18H19N5O/c1-12-8-17(24)23-16-6-2-5-15(18(16)22-12)13(9-19)10-21-14-4-3-7-20-11-14/h2-7,9-12,22H,8,19H2,1H3,(H,23,24)/t12-/m1/s1. The average molecular weight is 321 g/mol. The first kappa shape index (κ1) is 15.7. The topological polar surface area (TPSA) is 92.4 Å². The first-order chi connectivity index (χ1) is 11.7. The number of rotatable bonds is 3. The lowest BCUT2D eigenvalue weighted by molar-refractivity contribution is -0.116. The van der Waals surface area contributed by atoms with Crippen LogP contribution in [0.2, 0.25) is 0 Å². The third-order valence-electron chi connectivity index (χ3n) is 3.71. The molecule has 122 valence electrons. The Balaban J connectivity index is 1.98. The van der Waals surface area contributed by atoms with Crippen LogP contribution in [0.1, 0.15) is 18.9 Å². The highest BCUT2D eigenvalue weighted by molar-refractivity contribution is 6.14. The van der Waals surface area contributed by atoms with Crippen molar-refractivity contribution >= 4 is 34.8 Å². The van der Waals surface area contributed by atoms with Crippen molar-refractivity contribution in [1.29, 1.82) is 0 Å². The van der Waals surface area contributed by atoms with E-state index in [4.69, 9.17) is 5.73 Å². The normalized spacial score (nSPS) is 17.8. The summed E-state index contributed by atoms with van der Waals surface area (Å²) in [5, 5.41) is 6.30. The zero-order valence-electron chi connectivity index (χ0n) is 13.4. The summed E-state index contributed by atoms with van der Waals surface area (Å²) < 4.78 is 0. The van der Waals surface area contributed by atoms with Gasteiger partial charge in [0.25, 0.3) is 0 Å². The molecular formula is C18H19N5O. The van der Waals surface area contributed by atoms with Gasteiger partial charge < -0.3 is 16.4 Å². The van der Waals surface area contributed by atoms with Crippen LogP contribution in [0.3, 0.4) is 0 Å². The summed E-state index contributed by atoms with van der Waals surface area (Å²) in [5.41, 5.74) is 9.80. The highest BCUT2D eigenvalue weighted by atomic mass is 16.1. The summed E-state index contributed by atoms with van der Waals surface area (Å²) in [6.45, 7) is 1.97. The van der Waals surface area contributed by atoms with Gasteiger partial charge in [-0.1, -0.05) is 12.1 Å². The van der Waals surface area contributed by atoms with Crippen molar-refractivity contribution in [3.8, 4) is 0 Å². The molecule has 24 heavy (non-hydrogen) atoms. The Kier molecular flexibility index (Phi) is 4.56. The van der Waals surface area contributed by atoms with Crippen LogP contribution in [-0.4, -0.2) is 23.1 Å². The number of aliphatic imine (C=N–C) groups is 1. The van der Waals surface area contributed by atoms with E-state index in [1.54, 1.807) is 18.6 Å². The maximum absolute atomic E-state index is 11.9. The number of hydrogen-bond acceptors (Lipinski definition) is 5. The number of aromatic nitrogens is 1. The Morgan fingerprint density at radius 2 is 2.25 bits per heavy atom. The molecule has 1 aliphatic rings. The van der Waals surface area contributed by atoms with E-state index in [-0.39, 0.29) is 11.9 Å². The third kappa shape index (κ3) is 3.43.